The second-order valence-electron chi connectivity index (χ2n) is 6.23. The Bertz CT molecular complexity index is 487. The first-order valence-electron chi connectivity index (χ1n) is 7.15. The van der Waals surface area contributed by atoms with E-state index in [4.69, 9.17) is 11.6 Å². The number of rotatable bonds is 3. The Balaban J connectivity index is 2.05. The Morgan fingerprint density at radius 3 is 2.85 bits per heavy atom. The molecule has 1 fully saturated rings. The highest BCUT2D eigenvalue weighted by molar-refractivity contribution is 6.30. The van der Waals surface area contributed by atoms with Crippen molar-refractivity contribution in [3.05, 3.63) is 34.9 Å². The fourth-order valence-corrected chi connectivity index (χ4v) is 2.93. The standard InChI is InChI=1S/C16H23ClN2O/c1-16(2,13-7-4-8-14(17)10-13)18-15(20)12-6-5-9-19(3)11-12/h4,7-8,10,12H,5-6,9,11H2,1-3H3,(H,18,20)/t12-/m0/s1. The molecule has 1 saturated heterocycles. The predicted molar refractivity (Wildman–Crippen MR) is 82.8 cm³/mol. The van der Waals surface area contributed by atoms with Gasteiger partial charge >= 0.3 is 0 Å². The van der Waals surface area contributed by atoms with Gasteiger partial charge in [-0.05, 0) is 58.0 Å². The van der Waals surface area contributed by atoms with Crippen molar-refractivity contribution in [3.63, 3.8) is 0 Å². The van der Waals surface area contributed by atoms with Crippen molar-refractivity contribution in [3.8, 4) is 0 Å². The molecule has 0 spiro atoms. The Kier molecular flexibility index (Phi) is 4.71. The van der Waals surface area contributed by atoms with Crippen LogP contribution in [0.4, 0.5) is 0 Å². The van der Waals surface area contributed by atoms with Gasteiger partial charge in [0.05, 0.1) is 11.5 Å². The summed E-state index contributed by atoms with van der Waals surface area (Å²) in [6, 6.07) is 7.67. The highest BCUT2D eigenvalue weighted by Crippen LogP contribution is 2.24. The molecule has 110 valence electrons. The molecule has 1 aromatic carbocycles. The molecule has 2 rings (SSSR count). The van der Waals surface area contributed by atoms with Gasteiger partial charge in [0.25, 0.3) is 0 Å². The molecule has 20 heavy (non-hydrogen) atoms. The number of nitrogens with one attached hydrogen (secondary N) is 1. The second-order valence-corrected chi connectivity index (χ2v) is 6.66. The highest BCUT2D eigenvalue weighted by Gasteiger charge is 2.29. The number of carbonyl (C=O) groups excluding carboxylic acids is 1. The Morgan fingerprint density at radius 2 is 2.20 bits per heavy atom. The van der Waals surface area contributed by atoms with Crippen LogP contribution in [-0.2, 0) is 10.3 Å². The monoisotopic (exact) mass is 294 g/mol. The summed E-state index contributed by atoms with van der Waals surface area (Å²) < 4.78 is 0. The minimum absolute atomic E-state index is 0.0900. The zero-order valence-corrected chi connectivity index (χ0v) is 13.2. The number of hydrogen-bond donors (Lipinski definition) is 1. The molecule has 3 nitrogen and oxygen atoms in total. The van der Waals surface area contributed by atoms with Gasteiger partial charge in [-0.15, -0.1) is 0 Å². The van der Waals surface area contributed by atoms with Crippen LogP contribution in [0.3, 0.4) is 0 Å². The molecule has 1 aliphatic rings. The van der Waals surface area contributed by atoms with Crippen LogP contribution in [0.25, 0.3) is 0 Å². The minimum Gasteiger partial charge on any atom is -0.347 e. The van der Waals surface area contributed by atoms with Gasteiger partial charge in [-0.2, -0.15) is 0 Å². The van der Waals surface area contributed by atoms with Crippen molar-refractivity contribution < 1.29 is 4.79 Å². The first kappa shape index (κ1) is 15.3. The summed E-state index contributed by atoms with van der Waals surface area (Å²) in [7, 11) is 2.07. The van der Waals surface area contributed by atoms with Gasteiger partial charge in [0.15, 0.2) is 0 Å². The Hall–Kier alpha value is -1.06. The minimum atomic E-state index is -0.405. The molecule has 1 heterocycles. The van der Waals surface area contributed by atoms with Gasteiger partial charge in [-0.25, -0.2) is 0 Å². The maximum Gasteiger partial charge on any atom is 0.225 e. The lowest BCUT2D eigenvalue weighted by Gasteiger charge is -2.33. The number of halogens is 1. The number of likely N-dealkylation sites (tertiary alicyclic amines) is 1. The Morgan fingerprint density at radius 1 is 1.45 bits per heavy atom. The largest absolute Gasteiger partial charge is 0.347 e. The summed E-state index contributed by atoms with van der Waals surface area (Å²) in [5, 5.41) is 3.86. The van der Waals surface area contributed by atoms with Crippen molar-refractivity contribution >= 4 is 17.5 Å². The maximum atomic E-state index is 12.4. The second kappa shape index (κ2) is 6.15. The number of carbonyl (C=O) groups is 1. The third-order valence-electron chi connectivity index (χ3n) is 3.98. The Labute approximate surface area is 126 Å². The number of nitrogens with zero attached hydrogens (tertiary/aromatic N) is 1. The lowest BCUT2D eigenvalue weighted by molar-refractivity contribution is -0.128. The van der Waals surface area contributed by atoms with Gasteiger partial charge in [0, 0.05) is 11.6 Å². The van der Waals surface area contributed by atoms with Crippen molar-refractivity contribution in [2.24, 2.45) is 5.92 Å². The summed E-state index contributed by atoms with van der Waals surface area (Å²) in [6.07, 6.45) is 2.06. The van der Waals surface area contributed by atoms with Crippen LogP contribution >= 0.6 is 11.6 Å². The molecule has 1 aliphatic heterocycles. The van der Waals surface area contributed by atoms with E-state index in [9.17, 15) is 4.79 Å². The predicted octanol–water partition coefficient (Wildman–Crippen LogP) is 3.03. The molecule has 1 aromatic rings. The zero-order valence-electron chi connectivity index (χ0n) is 12.4. The van der Waals surface area contributed by atoms with E-state index in [2.05, 4.69) is 17.3 Å². The zero-order chi connectivity index (χ0) is 14.8. The lowest BCUT2D eigenvalue weighted by Crippen LogP contribution is -2.48. The van der Waals surface area contributed by atoms with E-state index in [0.29, 0.717) is 5.02 Å². The third-order valence-corrected chi connectivity index (χ3v) is 4.21. The van der Waals surface area contributed by atoms with E-state index in [1.807, 2.05) is 38.1 Å². The van der Waals surface area contributed by atoms with Gasteiger partial charge in [-0.1, -0.05) is 23.7 Å². The molecule has 0 bridgehead atoms. The number of piperidine rings is 1. The third kappa shape index (κ3) is 3.74. The summed E-state index contributed by atoms with van der Waals surface area (Å²) >= 11 is 6.04. The quantitative estimate of drug-likeness (QED) is 0.929. The molecule has 0 aromatic heterocycles. The van der Waals surface area contributed by atoms with Gasteiger partial charge in [0.1, 0.15) is 0 Å². The summed E-state index contributed by atoms with van der Waals surface area (Å²) in [5.74, 6) is 0.230. The molecule has 1 atom stereocenters. The molecule has 0 aliphatic carbocycles. The SMILES string of the molecule is CN1CCC[C@H](C(=O)NC(C)(C)c2cccc(Cl)c2)C1. The number of amides is 1. The summed E-state index contributed by atoms with van der Waals surface area (Å²) in [4.78, 5) is 14.7. The van der Waals surface area contributed by atoms with E-state index in [1.54, 1.807) is 0 Å². The molecule has 1 N–H and O–H groups in total. The average molecular weight is 295 g/mol. The van der Waals surface area contributed by atoms with Gasteiger partial charge in [-0.3, -0.25) is 4.79 Å². The topological polar surface area (TPSA) is 32.3 Å². The first-order chi connectivity index (χ1) is 9.38. The fraction of sp³-hybridized carbons (Fsp3) is 0.562. The van der Waals surface area contributed by atoms with Crippen LogP contribution in [0.5, 0.6) is 0 Å². The van der Waals surface area contributed by atoms with Gasteiger partial charge < -0.3 is 10.2 Å². The smallest absolute Gasteiger partial charge is 0.225 e. The molecule has 0 radical (unpaired) electrons. The van der Waals surface area contributed by atoms with Crippen molar-refractivity contribution in [2.45, 2.75) is 32.2 Å². The number of benzene rings is 1. The molecule has 0 unspecified atom stereocenters. The molecule has 4 heteroatoms. The van der Waals surface area contributed by atoms with Crippen LogP contribution < -0.4 is 5.32 Å². The highest BCUT2D eigenvalue weighted by atomic mass is 35.5. The van der Waals surface area contributed by atoms with E-state index in [-0.39, 0.29) is 11.8 Å². The van der Waals surface area contributed by atoms with E-state index in [1.165, 1.54) is 0 Å². The molecular weight excluding hydrogens is 272 g/mol. The molecule has 0 saturated carbocycles. The van der Waals surface area contributed by atoms with E-state index < -0.39 is 5.54 Å². The van der Waals surface area contributed by atoms with Gasteiger partial charge in [0.2, 0.25) is 5.91 Å². The summed E-state index contributed by atoms with van der Waals surface area (Å²) in [5.41, 5.74) is 0.625. The van der Waals surface area contributed by atoms with Crippen molar-refractivity contribution in [1.82, 2.24) is 10.2 Å². The van der Waals surface area contributed by atoms with E-state index in [0.717, 1.165) is 31.5 Å². The fourth-order valence-electron chi connectivity index (χ4n) is 2.74. The van der Waals surface area contributed by atoms with Crippen LogP contribution in [0, 0.1) is 5.92 Å². The first-order valence-corrected chi connectivity index (χ1v) is 7.53. The van der Waals surface area contributed by atoms with Crippen LogP contribution in [0.15, 0.2) is 24.3 Å². The molecular formula is C16H23ClN2O. The molecule has 1 amide bonds. The van der Waals surface area contributed by atoms with Crippen LogP contribution in [0.2, 0.25) is 5.02 Å². The number of hydrogen-bond acceptors (Lipinski definition) is 2. The van der Waals surface area contributed by atoms with Crippen LogP contribution in [0.1, 0.15) is 32.3 Å². The van der Waals surface area contributed by atoms with E-state index >= 15 is 0 Å². The van der Waals surface area contributed by atoms with Crippen LogP contribution in [-0.4, -0.2) is 30.9 Å². The average Bonchev–Trinajstić information content (AvgIpc) is 2.38. The summed E-state index contributed by atoms with van der Waals surface area (Å²) in [6.45, 7) is 5.96. The lowest BCUT2D eigenvalue weighted by atomic mass is 9.91. The van der Waals surface area contributed by atoms with Crippen molar-refractivity contribution in [2.75, 3.05) is 20.1 Å². The maximum absolute atomic E-state index is 12.4. The normalized spacial score (nSPS) is 20.7. The van der Waals surface area contributed by atoms with Crippen molar-refractivity contribution in [1.29, 1.82) is 0 Å².